The summed E-state index contributed by atoms with van der Waals surface area (Å²) < 4.78 is 5.86. The van der Waals surface area contributed by atoms with Crippen LogP contribution in [0.1, 0.15) is 69.2 Å². The van der Waals surface area contributed by atoms with Crippen molar-refractivity contribution in [2.75, 3.05) is 26.4 Å². The summed E-state index contributed by atoms with van der Waals surface area (Å²) in [6.07, 6.45) is 3.65. The number of carbonyl (C=O) groups excluding carboxylic acids is 3. The maximum atomic E-state index is 13.6. The SMILES string of the molecule is CC(C)CCC(=O)C1OC(SCCN(C)C)=NN1C(=O)NC1(NC(=O)c2ccccc2Cl)CCCCC1. The zero-order valence-corrected chi connectivity index (χ0v) is 23.7. The van der Waals surface area contributed by atoms with Crippen LogP contribution >= 0.6 is 23.4 Å². The quantitative estimate of drug-likeness (QED) is 0.410. The summed E-state index contributed by atoms with van der Waals surface area (Å²) in [6, 6.07) is 6.23. The van der Waals surface area contributed by atoms with Crippen molar-refractivity contribution in [1.29, 1.82) is 0 Å². The van der Waals surface area contributed by atoms with Crippen molar-refractivity contribution in [3.05, 3.63) is 34.9 Å². The van der Waals surface area contributed by atoms with Gasteiger partial charge in [0.25, 0.3) is 17.4 Å². The molecule has 0 saturated heterocycles. The number of hydrogen-bond acceptors (Lipinski definition) is 7. The molecule has 2 N–H and O–H groups in total. The first-order valence-corrected chi connectivity index (χ1v) is 14.2. The molecule has 0 spiro atoms. The predicted molar refractivity (Wildman–Crippen MR) is 148 cm³/mol. The molecule has 3 amide bonds. The molecule has 1 aliphatic carbocycles. The minimum Gasteiger partial charge on any atom is -0.438 e. The van der Waals surface area contributed by atoms with Crippen LogP contribution in [0.4, 0.5) is 4.79 Å². The third-order valence-electron chi connectivity index (χ3n) is 6.36. The molecule has 1 heterocycles. The monoisotopic (exact) mass is 551 g/mol. The van der Waals surface area contributed by atoms with Crippen molar-refractivity contribution in [3.63, 3.8) is 0 Å². The van der Waals surface area contributed by atoms with E-state index in [1.807, 2.05) is 32.8 Å². The summed E-state index contributed by atoms with van der Waals surface area (Å²) in [6.45, 7) is 4.88. The Morgan fingerprint density at radius 2 is 1.89 bits per heavy atom. The molecule has 1 aliphatic heterocycles. The second-order valence-corrected chi connectivity index (χ2v) is 11.7. The molecule has 9 nitrogen and oxygen atoms in total. The van der Waals surface area contributed by atoms with Crippen LogP contribution in [0, 0.1) is 5.92 Å². The summed E-state index contributed by atoms with van der Waals surface area (Å²) in [5.41, 5.74) is -0.639. The molecule has 0 bridgehead atoms. The highest BCUT2D eigenvalue weighted by Crippen LogP contribution is 2.29. The van der Waals surface area contributed by atoms with E-state index in [0.29, 0.717) is 41.5 Å². The van der Waals surface area contributed by atoms with E-state index in [1.54, 1.807) is 24.3 Å². The number of benzene rings is 1. The molecule has 37 heavy (non-hydrogen) atoms. The fourth-order valence-corrected chi connectivity index (χ4v) is 5.38. The first-order chi connectivity index (χ1) is 17.6. The van der Waals surface area contributed by atoms with Gasteiger partial charge >= 0.3 is 6.03 Å². The van der Waals surface area contributed by atoms with Gasteiger partial charge in [0.05, 0.1) is 10.6 Å². The summed E-state index contributed by atoms with van der Waals surface area (Å²) in [5.74, 6) is 0.478. The van der Waals surface area contributed by atoms with Crippen LogP contribution in [-0.4, -0.2) is 71.1 Å². The number of nitrogens with one attached hydrogen (secondary N) is 2. The molecule has 1 atom stereocenters. The predicted octanol–water partition coefficient (Wildman–Crippen LogP) is 4.67. The largest absolute Gasteiger partial charge is 0.438 e. The fraction of sp³-hybridized carbons (Fsp3) is 0.615. The van der Waals surface area contributed by atoms with Gasteiger partial charge in [-0.2, -0.15) is 5.01 Å². The lowest BCUT2D eigenvalue weighted by Crippen LogP contribution is -2.64. The Hall–Kier alpha value is -2.30. The average Bonchev–Trinajstić information content (AvgIpc) is 3.27. The van der Waals surface area contributed by atoms with Crippen LogP contribution in [0.2, 0.25) is 5.02 Å². The minimum absolute atomic E-state index is 0.200. The highest BCUT2D eigenvalue weighted by Gasteiger charge is 2.42. The minimum atomic E-state index is -1.12. The van der Waals surface area contributed by atoms with Crippen LogP contribution in [-0.2, 0) is 9.53 Å². The number of hydrogen-bond donors (Lipinski definition) is 2. The number of ether oxygens (including phenoxy) is 1. The van der Waals surface area contributed by atoms with Gasteiger partial charge in [-0.1, -0.05) is 55.8 Å². The van der Waals surface area contributed by atoms with Gasteiger partial charge in [0.2, 0.25) is 0 Å². The molecule has 1 aromatic rings. The van der Waals surface area contributed by atoms with E-state index < -0.39 is 17.9 Å². The summed E-state index contributed by atoms with van der Waals surface area (Å²) >= 11 is 7.60. The molecular formula is C26H38ClN5O4S. The highest BCUT2D eigenvalue weighted by atomic mass is 35.5. The number of Topliss-reactive ketones (excluding diaryl/α,β-unsaturated/α-hetero) is 1. The fourth-order valence-electron chi connectivity index (χ4n) is 4.22. The molecule has 3 rings (SSSR count). The van der Waals surface area contributed by atoms with Crippen LogP contribution in [0.3, 0.4) is 0 Å². The van der Waals surface area contributed by atoms with E-state index in [-0.39, 0.29) is 23.3 Å². The maximum Gasteiger partial charge on any atom is 0.343 e. The van der Waals surface area contributed by atoms with E-state index in [4.69, 9.17) is 16.3 Å². The zero-order valence-electron chi connectivity index (χ0n) is 22.1. The first kappa shape index (κ1) is 29.3. The van der Waals surface area contributed by atoms with Crippen molar-refractivity contribution in [2.24, 2.45) is 11.0 Å². The Morgan fingerprint density at radius 3 is 2.54 bits per heavy atom. The number of carbonyl (C=O) groups is 3. The van der Waals surface area contributed by atoms with Crippen molar-refractivity contribution in [2.45, 2.75) is 70.7 Å². The number of amides is 3. The van der Waals surface area contributed by atoms with Crippen LogP contribution in [0.25, 0.3) is 0 Å². The number of thioether (sulfide) groups is 1. The Morgan fingerprint density at radius 1 is 1.19 bits per heavy atom. The third-order valence-corrected chi connectivity index (χ3v) is 7.51. The Labute approximate surface area is 228 Å². The van der Waals surface area contributed by atoms with Crippen molar-refractivity contribution in [1.82, 2.24) is 20.5 Å². The van der Waals surface area contributed by atoms with Gasteiger partial charge < -0.3 is 20.3 Å². The summed E-state index contributed by atoms with van der Waals surface area (Å²) in [5, 5.41) is 12.1. The number of urea groups is 1. The number of halogens is 1. The molecule has 1 unspecified atom stereocenters. The van der Waals surface area contributed by atoms with E-state index >= 15 is 0 Å². The maximum absolute atomic E-state index is 13.6. The summed E-state index contributed by atoms with van der Waals surface area (Å²) in [7, 11) is 3.94. The second kappa shape index (κ2) is 13.5. The molecule has 0 radical (unpaired) electrons. The number of nitrogens with zero attached hydrogens (tertiary/aromatic N) is 3. The Kier molecular flexibility index (Phi) is 10.7. The number of hydrazone groups is 1. The molecule has 2 aliphatic rings. The van der Waals surface area contributed by atoms with Crippen LogP contribution in [0.15, 0.2) is 29.4 Å². The number of ketones is 1. The van der Waals surface area contributed by atoms with Gasteiger partial charge in [-0.05, 0) is 64.3 Å². The highest BCUT2D eigenvalue weighted by molar-refractivity contribution is 8.13. The molecule has 0 aromatic heterocycles. The molecule has 204 valence electrons. The lowest BCUT2D eigenvalue weighted by Gasteiger charge is -2.39. The first-order valence-electron chi connectivity index (χ1n) is 12.8. The second-order valence-electron chi connectivity index (χ2n) is 10.2. The average molecular weight is 552 g/mol. The van der Waals surface area contributed by atoms with E-state index in [9.17, 15) is 14.4 Å². The van der Waals surface area contributed by atoms with Gasteiger partial charge in [-0.3, -0.25) is 9.59 Å². The smallest absolute Gasteiger partial charge is 0.343 e. The zero-order chi connectivity index (χ0) is 27.0. The standard InChI is InChI=1S/C26H38ClN5O4S/c1-18(2)12-13-21(33)23-32(30-25(36-23)37-17-16-31(3)4)24(35)29-26(14-8-5-9-15-26)28-22(34)19-10-6-7-11-20(19)27/h6-7,10-11,18,23H,5,8-9,12-17H2,1-4H3,(H,28,34)(H,29,35). The van der Waals surface area contributed by atoms with Crippen LogP contribution < -0.4 is 10.6 Å². The van der Waals surface area contributed by atoms with Gasteiger partial charge in [-0.15, -0.1) is 5.10 Å². The molecule has 11 heteroatoms. The van der Waals surface area contributed by atoms with Gasteiger partial charge in [0, 0.05) is 18.7 Å². The van der Waals surface area contributed by atoms with E-state index in [1.165, 1.54) is 11.8 Å². The van der Waals surface area contributed by atoms with E-state index in [0.717, 1.165) is 30.8 Å². The van der Waals surface area contributed by atoms with Gasteiger partial charge in [-0.25, -0.2) is 4.79 Å². The molecule has 1 aromatic carbocycles. The van der Waals surface area contributed by atoms with Gasteiger partial charge in [0.15, 0.2) is 5.78 Å². The van der Waals surface area contributed by atoms with Gasteiger partial charge in [0.1, 0.15) is 5.66 Å². The Bertz CT molecular complexity index is 997. The van der Waals surface area contributed by atoms with Crippen molar-refractivity contribution < 1.29 is 19.1 Å². The lowest BCUT2D eigenvalue weighted by atomic mass is 9.88. The van der Waals surface area contributed by atoms with E-state index in [2.05, 4.69) is 15.7 Å². The molecule has 1 saturated carbocycles. The summed E-state index contributed by atoms with van der Waals surface area (Å²) in [4.78, 5) is 41.8. The Balaban J connectivity index is 1.78. The third kappa shape index (κ3) is 8.35. The topological polar surface area (TPSA) is 103 Å². The van der Waals surface area contributed by atoms with Crippen LogP contribution in [0.5, 0.6) is 0 Å². The van der Waals surface area contributed by atoms with Crippen molar-refractivity contribution >= 4 is 46.3 Å². The van der Waals surface area contributed by atoms with Crippen molar-refractivity contribution in [3.8, 4) is 0 Å². The number of rotatable bonds is 10. The normalized spacial score (nSPS) is 18.9. The lowest BCUT2D eigenvalue weighted by molar-refractivity contribution is -0.131. The molecule has 1 fully saturated rings. The molecular weight excluding hydrogens is 514 g/mol.